The molecule has 4 heteroatoms. The van der Waals surface area contributed by atoms with Gasteiger partial charge in [0, 0.05) is 11.6 Å². The van der Waals surface area contributed by atoms with Crippen LogP contribution in [-0.4, -0.2) is 27.7 Å². The van der Waals surface area contributed by atoms with Crippen molar-refractivity contribution in [3.05, 3.63) is 30.5 Å². The average molecular weight is 231 g/mol. The van der Waals surface area contributed by atoms with E-state index >= 15 is 0 Å². The topological polar surface area (TPSA) is 58.0 Å². The van der Waals surface area contributed by atoms with Crippen LogP contribution in [-0.2, 0) is 0 Å². The Balaban J connectivity index is 2.24. The van der Waals surface area contributed by atoms with Crippen LogP contribution < -0.4 is 5.32 Å². The monoisotopic (exact) mass is 231 g/mol. The lowest BCUT2D eigenvalue weighted by atomic mass is 10.1. The van der Waals surface area contributed by atoms with Crippen molar-refractivity contribution < 1.29 is 5.11 Å². The second-order valence-corrected chi connectivity index (χ2v) is 4.43. The molecule has 1 unspecified atom stereocenters. The minimum Gasteiger partial charge on any atom is -0.394 e. The van der Waals surface area contributed by atoms with Crippen molar-refractivity contribution in [3.8, 4) is 0 Å². The molecule has 0 bridgehead atoms. The van der Waals surface area contributed by atoms with E-state index in [1.807, 2.05) is 24.3 Å². The first-order chi connectivity index (χ1) is 8.20. The molecule has 17 heavy (non-hydrogen) atoms. The van der Waals surface area contributed by atoms with Gasteiger partial charge >= 0.3 is 0 Å². The van der Waals surface area contributed by atoms with E-state index in [1.165, 1.54) is 0 Å². The predicted octanol–water partition coefficient (Wildman–Crippen LogP) is 2.06. The fourth-order valence-electron chi connectivity index (χ4n) is 1.63. The third kappa shape index (κ3) is 2.71. The fourth-order valence-corrected chi connectivity index (χ4v) is 1.63. The largest absolute Gasteiger partial charge is 0.394 e. The molecule has 2 N–H and O–H groups in total. The summed E-state index contributed by atoms with van der Waals surface area (Å²) in [6.07, 6.45) is 1.79. The van der Waals surface area contributed by atoms with Crippen molar-refractivity contribution in [2.24, 2.45) is 5.92 Å². The Bertz CT molecular complexity index is 499. The Morgan fingerprint density at radius 1 is 1.29 bits per heavy atom. The van der Waals surface area contributed by atoms with Crippen LogP contribution in [0.4, 0.5) is 5.95 Å². The summed E-state index contributed by atoms with van der Waals surface area (Å²) >= 11 is 0. The number of aromatic nitrogens is 2. The lowest BCUT2D eigenvalue weighted by Gasteiger charge is -2.19. The zero-order valence-corrected chi connectivity index (χ0v) is 10.1. The highest BCUT2D eigenvalue weighted by molar-refractivity contribution is 5.78. The van der Waals surface area contributed by atoms with Crippen LogP contribution in [0, 0.1) is 5.92 Å². The van der Waals surface area contributed by atoms with E-state index in [-0.39, 0.29) is 12.6 Å². The van der Waals surface area contributed by atoms with Crippen LogP contribution in [0.2, 0.25) is 0 Å². The highest BCUT2D eigenvalue weighted by Crippen LogP contribution is 2.13. The maximum Gasteiger partial charge on any atom is 0.223 e. The van der Waals surface area contributed by atoms with Crippen molar-refractivity contribution >= 4 is 16.9 Å². The summed E-state index contributed by atoms with van der Waals surface area (Å²) in [6, 6.07) is 7.82. The number of anilines is 1. The van der Waals surface area contributed by atoms with Gasteiger partial charge in [-0.15, -0.1) is 0 Å². The molecule has 0 saturated carbocycles. The first-order valence-electron chi connectivity index (χ1n) is 5.80. The molecule has 1 atom stereocenters. The summed E-state index contributed by atoms with van der Waals surface area (Å²) in [5.74, 6) is 0.895. The lowest BCUT2D eigenvalue weighted by molar-refractivity contribution is 0.248. The van der Waals surface area contributed by atoms with Gasteiger partial charge in [-0.1, -0.05) is 32.0 Å². The van der Waals surface area contributed by atoms with Gasteiger partial charge in [0.1, 0.15) is 0 Å². The van der Waals surface area contributed by atoms with Gasteiger partial charge in [-0.2, -0.15) is 0 Å². The number of para-hydroxylation sites is 1. The number of aliphatic hydroxyl groups excluding tert-OH is 1. The molecule has 1 aromatic heterocycles. The van der Waals surface area contributed by atoms with E-state index in [0.29, 0.717) is 11.9 Å². The van der Waals surface area contributed by atoms with Gasteiger partial charge in [-0.05, 0) is 12.0 Å². The van der Waals surface area contributed by atoms with E-state index < -0.39 is 0 Å². The summed E-state index contributed by atoms with van der Waals surface area (Å²) in [4.78, 5) is 8.66. The van der Waals surface area contributed by atoms with E-state index in [2.05, 4.69) is 29.1 Å². The predicted molar refractivity (Wildman–Crippen MR) is 68.9 cm³/mol. The number of rotatable bonds is 4. The number of hydrogen-bond acceptors (Lipinski definition) is 4. The number of nitrogens with zero attached hydrogens (tertiary/aromatic N) is 2. The molecule has 0 aliphatic rings. The zero-order chi connectivity index (χ0) is 12.3. The van der Waals surface area contributed by atoms with Gasteiger partial charge in [0.25, 0.3) is 0 Å². The molecular weight excluding hydrogens is 214 g/mol. The van der Waals surface area contributed by atoms with Crippen LogP contribution in [0.3, 0.4) is 0 Å². The minimum atomic E-state index is -0.0174. The first kappa shape index (κ1) is 11.8. The molecule has 0 radical (unpaired) electrons. The maximum absolute atomic E-state index is 9.25. The maximum atomic E-state index is 9.25. The van der Waals surface area contributed by atoms with E-state index in [9.17, 15) is 5.11 Å². The summed E-state index contributed by atoms with van der Waals surface area (Å²) < 4.78 is 0. The van der Waals surface area contributed by atoms with Crippen LogP contribution in [0.25, 0.3) is 10.9 Å². The molecule has 0 fully saturated rings. The number of benzene rings is 1. The van der Waals surface area contributed by atoms with Crippen LogP contribution in [0.15, 0.2) is 30.5 Å². The highest BCUT2D eigenvalue weighted by atomic mass is 16.3. The Kier molecular flexibility index (Phi) is 3.54. The Labute approximate surface area is 101 Å². The minimum absolute atomic E-state index is 0.0174. The molecule has 4 nitrogen and oxygen atoms in total. The summed E-state index contributed by atoms with van der Waals surface area (Å²) in [6.45, 7) is 4.18. The Morgan fingerprint density at radius 2 is 2.06 bits per heavy atom. The molecule has 90 valence electrons. The lowest BCUT2D eigenvalue weighted by Crippen LogP contribution is -2.30. The van der Waals surface area contributed by atoms with Crippen molar-refractivity contribution in [3.63, 3.8) is 0 Å². The van der Waals surface area contributed by atoms with Gasteiger partial charge < -0.3 is 10.4 Å². The van der Waals surface area contributed by atoms with Crippen LogP contribution in [0.5, 0.6) is 0 Å². The molecule has 0 aliphatic carbocycles. The van der Waals surface area contributed by atoms with Gasteiger partial charge in [-0.25, -0.2) is 9.97 Å². The number of aliphatic hydroxyl groups is 1. The second kappa shape index (κ2) is 5.10. The van der Waals surface area contributed by atoms with E-state index in [0.717, 1.165) is 10.9 Å². The number of fused-ring (bicyclic) bond motifs is 1. The molecule has 0 saturated heterocycles. The molecule has 0 amide bonds. The third-order valence-corrected chi connectivity index (χ3v) is 2.80. The normalized spacial score (nSPS) is 12.9. The first-order valence-corrected chi connectivity index (χ1v) is 5.80. The quantitative estimate of drug-likeness (QED) is 0.845. The fraction of sp³-hybridized carbons (Fsp3) is 0.385. The van der Waals surface area contributed by atoms with Gasteiger partial charge in [0.05, 0.1) is 18.2 Å². The van der Waals surface area contributed by atoms with Gasteiger partial charge in [0.2, 0.25) is 5.95 Å². The van der Waals surface area contributed by atoms with Gasteiger partial charge in [0.15, 0.2) is 0 Å². The average Bonchev–Trinajstić information content (AvgIpc) is 2.35. The molecule has 1 heterocycles. The van der Waals surface area contributed by atoms with Gasteiger partial charge in [-0.3, -0.25) is 0 Å². The molecule has 1 aromatic carbocycles. The Hall–Kier alpha value is -1.68. The molecule has 0 aliphatic heterocycles. The summed E-state index contributed by atoms with van der Waals surface area (Å²) in [5, 5.41) is 13.4. The molecular formula is C13H17N3O. The smallest absolute Gasteiger partial charge is 0.223 e. The number of hydrogen-bond donors (Lipinski definition) is 2. The van der Waals surface area contributed by atoms with Crippen molar-refractivity contribution in [2.75, 3.05) is 11.9 Å². The van der Waals surface area contributed by atoms with Crippen molar-refractivity contribution in [1.29, 1.82) is 0 Å². The summed E-state index contributed by atoms with van der Waals surface area (Å²) in [5.41, 5.74) is 0.908. The standard InChI is InChI=1S/C13H17N3O/c1-9(2)12(8-17)16-13-14-7-10-5-3-4-6-11(10)15-13/h3-7,9,12,17H,8H2,1-2H3,(H,14,15,16). The van der Waals surface area contributed by atoms with E-state index in [4.69, 9.17) is 0 Å². The van der Waals surface area contributed by atoms with Crippen LogP contribution in [0.1, 0.15) is 13.8 Å². The van der Waals surface area contributed by atoms with Crippen molar-refractivity contribution in [1.82, 2.24) is 9.97 Å². The van der Waals surface area contributed by atoms with Crippen molar-refractivity contribution in [2.45, 2.75) is 19.9 Å². The Morgan fingerprint density at radius 3 is 2.76 bits per heavy atom. The SMILES string of the molecule is CC(C)C(CO)Nc1ncc2ccccc2n1. The molecule has 2 rings (SSSR count). The molecule has 0 spiro atoms. The zero-order valence-electron chi connectivity index (χ0n) is 10.1. The summed E-state index contributed by atoms with van der Waals surface area (Å²) in [7, 11) is 0. The van der Waals surface area contributed by atoms with E-state index in [1.54, 1.807) is 6.20 Å². The second-order valence-electron chi connectivity index (χ2n) is 4.43. The highest BCUT2D eigenvalue weighted by Gasteiger charge is 2.12. The number of nitrogens with one attached hydrogen (secondary N) is 1. The van der Waals surface area contributed by atoms with Crippen LogP contribution >= 0.6 is 0 Å². The molecule has 2 aromatic rings. The third-order valence-electron chi connectivity index (χ3n) is 2.80.